The zero-order chi connectivity index (χ0) is 21.3. The van der Waals surface area contributed by atoms with Crippen molar-refractivity contribution in [2.24, 2.45) is 0 Å². The average molecular weight is 433 g/mol. The van der Waals surface area contributed by atoms with E-state index in [-0.39, 0.29) is 12.2 Å². The van der Waals surface area contributed by atoms with Gasteiger partial charge in [-0.25, -0.2) is 9.48 Å². The molecule has 0 N–H and O–H groups in total. The second kappa shape index (κ2) is 7.75. The highest BCUT2D eigenvalue weighted by Gasteiger charge is 2.30. The van der Waals surface area contributed by atoms with E-state index in [4.69, 9.17) is 16.3 Å². The number of ether oxygens (including phenoxy) is 1. The summed E-state index contributed by atoms with van der Waals surface area (Å²) in [7, 11) is 0. The van der Waals surface area contributed by atoms with E-state index in [1.807, 2.05) is 6.07 Å². The number of nitrogens with zero attached hydrogens (tertiary/aromatic N) is 4. The van der Waals surface area contributed by atoms with Crippen LogP contribution in [0.5, 0.6) is 0 Å². The van der Waals surface area contributed by atoms with Crippen molar-refractivity contribution in [3.63, 3.8) is 0 Å². The molecule has 0 amide bonds. The fourth-order valence-corrected chi connectivity index (χ4v) is 2.97. The summed E-state index contributed by atoms with van der Waals surface area (Å²) in [6, 6.07) is 10.8. The molecule has 10 heteroatoms. The highest BCUT2D eigenvalue weighted by Crippen LogP contribution is 2.29. The Morgan fingerprint density at radius 1 is 1.10 bits per heavy atom. The lowest BCUT2D eigenvalue weighted by Crippen LogP contribution is -2.08. The lowest BCUT2D eigenvalue weighted by molar-refractivity contribution is -0.137. The summed E-state index contributed by atoms with van der Waals surface area (Å²) >= 11 is 5.99. The Labute approximate surface area is 172 Å². The lowest BCUT2D eigenvalue weighted by atomic mass is 10.1. The van der Waals surface area contributed by atoms with Gasteiger partial charge in [0, 0.05) is 16.6 Å². The van der Waals surface area contributed by atoms with Crippen LogP contribution in [0.25, 0.3) is 16.6 Å². The van der Waals surface area contributed by atoms with Crippen molar-refractivity contribution in [3.05, 3.63) is 82.8 Å². The summed E-state index contributed by atoms with van der Waals surface area (Å²) in [5.74, 6) is -0.762. The van der Waals surface area contributed by atoms with Gasteiger partial charge in [0.05, 0.1) is 28.5 Å². The predicted octanol–water partition coefficient (Wildman–Crippen LogP) is 4.84. The van der Waals surface area contributed by atoms with E-state index in [1.54, 1.807) is 30.6 Å². The summed E-state index contributed by atoms with van der Waals surface area (Å²) < 4.78 is 44.5. The Morgan fingerprint density at radius 3 is 2.60 bits per heavy atom. The van der Waals surface area contributed by atoms with Crippen LogP contribution in [0, 0.1) is 0 Å². The molecule has 152 valence electrons. The van der Waals surface area contributed by atoms with E-state index in [1.165, 1.54) is 4.68 Å². The summed E-state index contributed by atoms with van der Waals surface area (Å²) in [6.07, 6.45) is -1.27. The molecule has 30 heavy (non-hydrogen) atoms. The van der Waals surface area contributed by atoms with E-state index in [2.05, 4.69) is 15.3 Å². The Balaban J connectivity index is 1.47. The molecule has 0 radical (unpaired) electrons. The molecule has 0 aliphatic rings. The number of hydrogen-bond acceptors (Lipinski definition) is 5. The number of alkyl halides is 3. The standard InChI is InChI=1S/C20H12ClF3N4O2/c21-14-5-6-16-17(9-14)25-8-7-18(16)28-10-15(26-27-28)11-30-19(29)12-1-3-13(4-2-12)20(22,23)24/h1-10H,11H2. The van der Waals surface area contributed by atoms with E-state index in [0.717, 1.165) is 29.7 Å². The van der Waals surface area contributed by atoms with Crippen LogP contribution in [0.2, 0.25) is 5.02 Å². The number of hydrogen-bond donors (Lipinski definition) is 0. The Kier molecular flexibility index (Phi) is 5.13. The highest BCUT2D eigenvalue weighted by atomic mass is 35.5. The molecule has 4 rings (SSSR count). The molecule has 0 unspecified atom stereocenters. The molecule has 2 aromatic heterocycles. The summed E-state index contributed by atoms with van der Waals surface area (Å²) in [5, 5.41) is 9.37. The minimum atomic E-state index is -4.47. The summed E-state index contributed by atoms with van der Waals surface area (Å²) in [4.78, 5) is 16.3. The van der Waals surface area contributed by atoms with Gasteiger partial charge in [0.25, 0.3) is 0 Å². The number of pyridine rings is 1. The Bertz CT molecular complexity index is 1220. The second-order valence-electron chi connectivity index (χ2n) is 6.30. The summed E-state index contributed by atoms with van der Waals surface area (Å²) in [5.41, 5.74) is 0.935. The first kappa shape index (κ1) is 19.8. The molecule has 2 heterocycles. The zero-order valence-corrected chi connectivity index (χ0v) is 15.9. The van der Waals surface area contributed by atoms with Crippen LogP contribution in [0.3, 0.4) is 0 Å². The van der Waals surface area contributed by atoms with Crippen LogP contribution in [0.15, 0.2) is 60.9 Å². The van der Waals surface area contributed by atoms with Crippen molar-refractivity contribution in [1.29, 1.82) is 0 Å². The molecule has 2 aromatic carbocycles. The molecule has 0 aliphatic carbocycles. The minimum Gasteiger partial charge on any atom is -0.455 e. The van der Waals surface area contributed by atoms with Crippen LogP contribution >= 0.6 is 11.6 Å². The van der Waals surface area contributed by atoms with Crippen LogP contribution in [-0.2, 0) is 17.5 Å². The molecule has 0 bridgehead atoms. The van der Waals surface area contributed by atoms with Crippen molar-refractivity contribution in [3.8, 4) is 5.69 Å². The molecular formula is C20H12ClF3N4O2. The molecule has 0 fully saturated rings. The molecule has 0 aliphatic heterocycles. The SMILES string of the molecule is O=C(OCc1cn(-c2ccnc3cc(Cl)ccc23)nn1)c1ccc(C(F)(F)F)cc1. The molecule has 0 atom stereocenters. The van der Waals surface area contributed by atoms with Gasteiger partial charge in [-0.2, -0.15) is 13.2 Å². The van der Waals surface area contributed by atoms with Crippen LogP contribution in [-0.4, -0.2) is 25.9 Å². The molecule has 0 saturated heterocycles. The number of rotatable bonds is 4. The normalized spacial score (nSPS) is 11.6. The third-order valence-corrected chi connectivity index (χ3v) is 4.50. The van der Waals surface area contributed by atoms with E-state index < -0.39 is 17.7 Å². The van der Waals surface area contributed by atoms with Gasteiger partial charge in [0.1, 0.15) is 12.3 Å². The maximum absolute atomic E-state index is 12.6. The molecule has 6 nitrogen and oxygen atoms in total. The quantitative estimate of drug-likeness (QED) is 0.431. The van der Waals surface area contributed by atoms with Gasteiger partial charge in [0.2, 0.25) is 0 Å². The van der Waals surface area contributed by atoms with Crippen LogP contribution < -0.4 is 0 Å². The molecule has 0 spiro atoms. The van der Waals surface area contributed by atoms with Crippen LogP contribution in [0.1, 0.15) is 21.6 Å². The number of halogens is 4. The molecular weight excluding hydrogens is 421 g/mol. The van der Waals surface area contributed by atoms with Gasteiger partial charge < -0.3 is 4.74 Å². The number of fused-ring (bicyclic) bond motifs is 1. The first-order chi connectivity index (χ1) is 14.3. The smallest absolute Gasteiger partial charge is 0.416 e. The number of aromatic nitrogens is 4. The van der Waals surface area contributed by atoms with Gasteiger partial charge in [-0.1, -0.05) is 16.8 Å². The van der Waals surface area contributed by atoms with Crippen molar-refractivity contribution in [1.82, 2.24) is 20.0 Å². The minimum absolute atomic E-state index is 0.00685. The first-order valence-electron chi connectivity index (χ1n) is 8.61. The summed E-state index contributed by atoms with van der Waals surface area (Å²) in [6.45, 7) is -0.186. The topological polar surface area (TPSA) is 69.9 Å². The van der Waals surface area contributed by atoms with Gasteiger partial charge in [0.15, 0.2) is 0 Å². The van der Waals surface area contributed by atoms with Crippen molar-refractivity contribution in [2.75, 3.05) is 0 Å². The Morgan fingerprint density at radius 2 is 1.87 bits per heavy atom. The van der Waals surface area contributed by atoms with Crippen LogP contribution in [0.4, 0.5) is 13.2 Å². The Hall–Kier alpha value is -3.46. The fourth-order valence-electron chi connectivity index (χ4n) is 2.81. The fraction of sp³-hybridized carbons (Fsp3) is 0.100. The zero-order valence-electron chi connectivity index (χ0n) is 15.1. The maximum Gasteiger partial charge on any atom is 0.416 e. The lowest BCUT2D eigenvalue weighted by Gasteiger charge is -2.07. The third-order valence-electron chi connectivity index (χ3n) is 4.27. The van der Waals surface area contributed by atoms with Gasteiger partial charge in [-0.15, -0.1) is 5.10 Å². The van der Waals surface area contributed by atoms with Crippen molar-refractivity contribution < 1.29 is 22.7 Å². The van der Waals surface area contributed by atoms with E-state index >= 15 is 0 Å². The number of esters is 1. The van der Waals surface area contributed by atoms with Gasteiger partial charge >= 0.3 is 12.1 Å². The van der Waals surface area contributed by atoms with Gasteiger partial charge in [-0.05, 0) is 48.5 Å². The van der Waals surface area contributed by atoms with Crippen molar-refractivity contribution in [2.45, 2.75) is 12.8 Å². The number of carbonyl (C=O) groups excluding carboxylic acids is 1. The number of carbonyl (C=O) groups is 1. The highest BCUT2D eigenvalue weighted by molar-refractivity contribution is 6.31. The van der Waals surface area contributed by atoms with Crippen molar-refractivity contribution >= 4 is 28.5 Å². The largest absolute Gasteiger partial charge is 0.455 e. The predicted molar refractivity (Wildman–Crippen MR) is 102 cm³/mol. The molecule has 0 saturated carbocycles. The number of benzene rings is 2. The third kappa shape index (κ3) is 4.11. The average Bonchev–Trinajstić information content (AvgIpc) is 3.19. The van der Waals surface area contributed by atoms with E-state index in [9.17, 15) is 18.0 Å². The monoisotopic (exact) mass is 432 g/mol. The second-order valence-corrected chi connectivity index (χ2v) is 6.73. The van der Waals surface area contributed by atoms with Gasteiger partial charge in [-0.3, -0.25) is 4.98 Å². The van der Waals surface area contributed by atoms with E-state index in [0.29, 0.717) is 21.9 Å². The first-order valence-corrected chi connectivity index (χ1v) is 8.99. The molecule has 4 aromatic rings. The maximum atomic E-state index is 12.6.